The van der Waals surface area contributed by atoms with Gasteiger partial charge in [-0.1, -0.05) is 51.8 Å². The second-order valence-corrected chi connectivity index (χ2v) is 8.41. The number of nitrogens with one attached hydrogen (secondary N) is 2. The number of hydrogen-bond donors (Lipinski definition) is 2. The molecule has 9 heteroatoms. The summed E-state index contributed by atoms with van der Waals surface area (Å²) in [7, 11) is 0. The predicted octanol–water partition coefficient (Wildman–Crippen LogP) is 4.85. The molecule has 0 aliphatic heterocycles. The molecule has 0 aliphatic carbocycles. The van der Waals surface area contributed by atoms with Gasteiger partial charge in [0.15, 0.2) is 11.5 Å². The summed E-state index contributed by atoms with van der Waals surface area (Å²) < 4.78 is 12.6. The summed E-state index contributed by atoms with van der Waals surface area (Å²) >= 11 is 9.24. The zero-order valence-electron chi connectivity index (χ0n) is 18.4. The molecule has 2 amide bonds. The number of halogens is 2. The number of amides is 2. The summed E-state index contributed by atoms with van der Waals surface area (Å²) in [5.41, 5.74) is 4.72. The second kappa shape index (κ2) is 12.8. The number of hydrogen-bond acceptors (Lipinski definition) is 5. The fraction of sp³-hybridized carbons (Fsp3) is 0.160. The zero-order valence-corrected chi connectivity index (χ0v) is 20.7. The van der Waals surface area contributed by atoms with Gasteiger partial charge in [0.05, 0.1) is 12.8 Å². The van der Waals surface area contributed by atoms with Crippen molar-refractivity contribution in [3.8, 4) is 11.5 Å². The largest absolute Gasteiger partial charge is 0.490 e. The molecule has 34 heavy (non-hydrogen) atoms. The lowest BCUT2D eigenvalue weighted by atomic mass is 10.2. The molecule has 0 aromatic heterocycles. The Kier molecular flexibility index (Phi) is 9.49. The van der Waals surface area contributed by atoms with Crippen LogP contribution in [-0.4, -0.2) is 24.6 Å². The number of hydrazone groups is 1. The molecule has 176 valence electrons. The first-order valence-corrected chi connectivity index (χ1v) is 11.6. The Labute approximate surface area is 211 Å². The first kappa shape index (κ1) is 25.3. The van der Waals surface area contributed by atoms with E-state index < -0.39 is 11.8 Å². The molecule has 7 nitrogen and oxygen atoms in total. The average Bonchev–Trinajstić information content (AvgIpc) is 2.84. The highest BCUT2D eigenvalue weighted by Crippen LogP contribution is 2.29. The van der Waals surface area contributed by atoms with Crippen molar-refractivity contribution in [2.24, 2.45) is 5.10 Å². The van der Waals surface area contributed by atoms with Gasteiger partial charge >= 0.3 is 11.8 Å². The van der Waals surface area contributed by atoms with Crippen molar-refractivity contribution in [1.82, 2.24) is 10.7 Å². The maximum absolute atomic E-state index is 12.0. The Bertz CT molecular complexity index is 1150. The average molecular weight is 545 g/mol. The van der Waals surface area contributed by atoms with E-state index in [1.165, 1.54) is 6.21 Å². The van der Waals surface area contributed by atoms with Crippen molar-refractivity contribution in [3.63, 3.8) is 0 Å². The highest BCUT2D eigenvalue weighted by atomic mass is 79.9. The molecule has 2 N–H and O–H groups in total. The summed E-state index contributed by atoms with van der Waals surface area (Å²) in [6, 6.07) is 20.1. The molecule has 0 fully saturated rings. The molecule has 3 aromatic carbocycles. The van der Waals surface area contributed by atoms with Gasteiger partial charge in [-0.15, -0.1) is 0 Å². The fourth-order valence-electron chi connectivity index (χ4n) is 2.82. The third-order valence-corrected chi connectivity index (χ3v) is 5.31. The van der Waals surface area contributed by atoms with E-state index >= 15 is 0 Å². The fourth-order valence-corrected chi connectivity index (χ4v) is 3.21. The lowest BCUT2D eigenvalue weighted by Gasteiger charge is -2.12. The molecule has 0 aliphatic rings. The van der Waals surface area contributed by atoms with E-state index in [1.807, 2.05) is 31.2 Å². The Balaban J connectivity index is 1.54. The topological polar surface area (TPSA) is 89.0 Å². The van der Waals surface area contributed by atoms with Crippen molar-refractivity contribution in [2.75, 3.05) is 6.61 Å². The maximum atomic E-state index is 12.0. The minimum atomic E-state index is -0.871. The van der Waals surface area contributed by atoms with Crippen LogP contribution in [0.1, 0.15) is 23.6 Å². The van der Waals surface area contributed by atoms with E-state index in [9.17, 15) is 9.59 Å². The van der Waals surface area contributed by atoms with Crippen molar-refractivity contribution in [2.45, 2.75) is 20.1 Å². The van der Waals surface area contributed by atoms with E-state index in [2.05, 4.69) is 31.8 Å². The standard InChI is InChI=1S/C25H23BrClN3O4/c1-2-33-23-13-19(7-12-22(23)34-16-18-3-8-20(26)9-4-18)15-29-30-25(32)24(31)28-14-17-5-10-21(27)11-6-17/h3-13,15H,2,14,16H2,1H3,(H,28,31)(H,30,32)/b29-15-. The van der Waals surface area contributed by atoms with Gasteiger partial charge in [-0.25, -0.2) is 5.43 Å². The molecule has 3 rings (SSSR count). The number of ether oxygens (including phenoxy) is 2. The van der Waals surface area contributed by atoms with E-state index in [-0.39, 0.29) is 6.54 Å². The number of carbonyl (C=O) groups excluding carboxylic acids is 2. The molecule has 3 aromatic rings. The number of rotatable bonds is 9. The second-order valence-electron chi connectivity index (χ2n) is 7.06. The summed E-state index contributed by atoms with van der Waals surface area (Å²) in [4.78, 5) is 23.9. The molecular formula is C25H23BrClN3O4. The molecule has 0 heterocycles. The highest BCUT2D eigenvalue weighted by Gasteiger charge is 2.12. The molecule has 0 saturated carbocycles. The third kappa shape index (κ3) is 7.90. The first-order chi connectivity index (χ1) is 16.4. The van der Waals surface area contributed by atoms with Crippen LogP contribution in [0.4, 0.5) is 0 Å². The van der Waals surface area contributed by atoms with E-state index in [0.29, 0.717) is 35.3 Å². The molecule has 0 atom stereocenters. The minimum absolute atomic E-state index is 0.201. The molecule has 0 radical (unpaired) electrons. The first-order valence-electron chi connectivity index (χ1n) is 10.4. The number of benzene rings is 3. The van der Waals surface area contributed by atoms with Gasteiger partial charge < -0.3 is 14.8 Å². The van der Waals surface area contributed by atoms with Crippen LogP contribution in [0.15, 0.2) is 76.3 Å². The van der Waals surface area contributed by atoms with Crippen molar-refractivity contribution < 1.29 is 19.1 Å². The van der Waals surface area contributed by atoms with Crippen molar-refractivity contribution >= 4 is 45.6 Å². The highest BCUT2D eigenvalue weighted by molar-refractivity contribution is 9.10. The van der Waals surface area contributed by atoms with Gasteiger partial charge in [0.1, 0.15) is 6.61 Å². The van der Waals surface area contributed by atoms with Crippen molar-refractivity contribution in [3.05, 3.63) is 92.9 Å². The lowest BCUT2D eigenvalue weighted by Crippen LogP contribution is -2.37. The molecule has 0 unspecified atom stereocenters. The van der Waals surface area contributed by atoms with Crippen LogP contribution in [0.5, 0.6) is 11.5 Å². The SMILES string of the molecule is CCOc1cc(/C=N\NC(=O)C(=O)NCc2ccc(Cl)cc2)ccc1OCc1ccc(Br)cc1. The van der Waals surface area contributed by atoms with E-state index in [1.54, 1.807) is 42.5 Å². The Hall–Kier alpha value is -3.36. The van der Waals surface area contributed by atoms with Gasteiger partial charge in [0.2, 0.25) is 0 Å². The van der Waals surface area contributed by atoms with Gasteiger partial charge in [-0.2, -0.15) is 5.10 Å². The Morgan fingerprint density at radius 1 is 0.941 bits per heavy atom. The monoisotopic (exact) mass is 543 g/mol. The number of nitrogens with zero attached hydrogens (tertiary/aromatic N) is 1. The Morgan fingerprint density at radius 2 is 1.65 bits per heavy atom. The lowest BCUT2D eigenvalue weighted by molar-refractivity contribution is -0.139. The molecular weight excluding hydrogens is 522 g/mol. The van der Waals surface area contributed by atoms with Gasteiger partial charge in [-0.3, -0.25) is 9.59 Å². The summed E-state index contributed by atoms with van der Waals surface area (Å²) in [6.45, 7) is 2.93. The predicted molar refractivity (Wildman–Crippen MR) is 135 cm³/mol. The summed E-state index contributed by atoms with van der Waals surface area (Å²) in [5.74, 6) is -0.522. The van der Waals surface area contributed by atoms with E-state index in [0.717, 1.165) is 15.6 Å². The van der Waals surface area contributed by atoms with Crippen LogP contribution in [-0.2, 0) is 22.7 Å². The van der Waals surface area contributed by atoms with Crippen LogP contribution in [0.25, 0.3) is 0 Å². The van der Waals surface area contributed by atoms with Crippen LogP contribution in [0, 0.1) is 0 Å². The Morgan fingerprint density at radius 3 is 2.35 bits per heavy atom. The van der Waals surface area contributed by atoms with Crippen molar-refractivity contribution in [1.29, 1.82) is 0 Å². The van der Waals surface area contributed by atoms with Gasteiger partial charge in [0.25, 0.3) is 0 Å². The summed E-state index contributed by atoms with van der Waals surface area (Å²) in [6.07, 6.45) is 1.42. The van der Waals surface area contributed by atoms with Crippen LogP contribution >= 0.6 is 27.5 Å². The minimum Gasteiger partial charge on any atom is -0.490 e. The van der Waals surface area contributed by atoms with Crippen LogP contribution in [0.2, 0.25) is 5.02 Å². The quantitative estimate of drug-likeness (QED) is 0.229. The molecule has 0 bridgehead atoms. The smallest absolute Gasteiger partial charge is 0.329 e. The normalized spacial score (nSPS) is 10.7. The molecule has 0 spiro atoms. The zero-order chi connectivity index (χ0) is 24.3. The third-order valence-electron chi connectivity index (χ3n) is 4.53. The van der Waals surface area contributed by atoms with E-state index in [4.69, 9.17) is 21.1 Å². The maximum Gasteiger partial charge on any atom is 0.329 e. The van der Waals surface area contributed by atoms with Crippen LogP contribution in [0.3, 0.4) is 0 Å². The van der Waals surface area contributed by atoms with Gasteiger partial charge in [0, 0.05) is 16.0 Å². The molecule has 0 saturated heterocycles. The summed E-state index contributed by atoms with van der Waals surface area (Å²) in [5, 5.41) is 6.98. The number of carbonyl (C=O) groups is 2. The van der Waals surface area contributed by atoms with Gasteiger partial charge in [-0.05, 0) is 66.1 Å². The van der Waals surface area contributed by atoms with Crippen LogP contribution < -0.4 is 20.2 Å².